The summed E-state index contributed by atoms with van der Waals surface area (Å²) in [5.74, 6) is 0. The zero-order chi connectivity index (χ0) is 15.9. The van der Waals surface area contributed by atoms with Crippen molar-refractivity contribution < 1.29 is 14.3 Å². The van der Waals surface area contributed by atoms with Crippen LogP contribution in [0.25, 0.3) is 0 Å². The van der Waals surface area contributed by atoms with Crippen molar-refractivity contribution in [3.05, 3.63) is 29.8 Å². The lowest BCUT2D eigenvalue weighted by Crippen LogP contribution is -2.51. The van der Waals surface area contributed by atoms with Crippen molar-refractivity contribution in [3.8, 4) is 0 Å². The standard InChI is InChI=1S/C16H23N3O3/c1-3-13-7-5-6-8-14(13)17-15(20)18-9-11-19(12-10-18)16(21)22-4-2/h5-8H,3-4,9-12H2,1-2H3,(H,17,20). The van der Waals surface area contributed by atoms with Crippen LogP contribution in [0.2, 0.25) is 0 Å². The van der Waals surface area contributed by atoms with E-state index in [0.29, 0.717) is 32.8 Å². The van der Waals surface area contributed by atoms with Crippen molar-refractivity contribution in [2.75, 3.05) is 38.1 Å². The smallest absolute Gasteiger partial charge is 0.409 e. The Labute approximate surface area is 131 Å². The number of amides is 3. The molecule has 0 aliphatic carbocycles. The molecule has 0 aromatic heterocycles. The summed E-state index contributed by atoms with van der Waals surface area (Å²) >= 11 is 0. The molecule has 1 fully saturated rings. The maximum absolute atomic E-state index is 12.3. The molecule has 1 aliphatic heterocycles. The Balaban J connectivity index is 1.89. The van der Waals surface area contributed by atoms with Gasteiger partial charge in [-0.1, -0.05) is 25.1 Å². The average Bonchev–Trinajstić information content (AvgIpc) is 2.55. The van der Waals surface area contributed by atoms with Gasteiger partial charge in [-0.3, -0.25) is 0 Å². The Hall–Kier alpha value is -2.24. The van der Waals surface area contributed by atoms with Crippen LogP contribution in [0.3, 0.4) is 0 Å². The molecule has 0 unspecified atom stereocenters. The molecule has 1 saturated heterocycles. The first kappa shape index (κ1) is 16.1. The molecule has 0 saturated carbocycles. The first-order valence-corrected chi connectivity index (χ1v) is 7.71. The number of aryl methyl sites for hydroxylation is 1. The number of para-hydroxylation sites is 1. The number of benzene rings is 1. The molecule has 3 amide bonds. The van der Waals surface area contributed by atoms with Crippen molar-refractivity contribution in [3.63, 3.8) is 0 Å². The summed E-state index contributed by atoms with van der Waals surface area (Å²) in [6, 6.07) is 7.67. The lowest BCUT2D eigenvalue weighted by atomic mass is 10.1. The molecular formula is C16H23N3O3. The largest absolute Gasteiger partial charge is 0.450 e. The van der Waals surface area contributed by atoms with E-state index < -0.39 is 0 Å². The SMILES string of the molecule is CCOC(=O)N1CCN(C(=O)Nc2ccccc2CC)CC1. The van der Waals surface area contributed by atoms with E-state index in [1.165, 1.54) is 0 Å². The summed E-state index contributed by atoms with van der Waals surface area (Å²) in [4.78, 5) is 27.3. The van der Waals surface area contributed by atoms with Crippen molar-refractivity contribution in [2.45, 2.75) is 20.3 Å². The van der Waals surface area contributed by atoms with Gasteiger partial charge in [0.15, 0.2) is 0 Å². The number of carbonyl (C=O) groups excluding carboxylic acids is 2. The number of urea groups is 1. The van der Waals surface area contributed by atoms with E-state index in [4.69, 9.17) is 4.74 Å². The first-order chi connectivity index (χ1) is 10.7. The average molecular weight is 305 g/mol. The van der Waals surface area contributed by atoms with Crippen LogP contribution in [-0.2, 0) is 11.2 Å². The van der Waals surface area contributed by atoms with Crippen molar-refractivity contribution in [1.29, 1.82) is 0 Å². The predicted octanol–water partition coefficient (Wildman–Crippen LogP) is 2.56. The monoisotopic (exact) mass is 305 g/mol. The molecule has 0 atom stereocenters. The topological polar surface area (TPSA) is 61.9 Å². The van der Waals surface area contributed by atoms with E-state index in [1.54, 1.807) is 16.7 Å². The van der Waals surface area contributed by atoms with Gasteiger partial charge in [0, 0.05) is 31.9 Å². The van der Waals surface area contributed by atoms with Crippen LogP contribution in [0.15, 0.2) is 24.3 Å². The fourth-order valence-corrected chi connectivity index (χ4v) is 2.45. The maximum atomic E-state index is 12.3. The van der Waals surface area contributed by atoms with E-state index in [9.17, 15) is 9.59 Å². The Kier molecular flexibility index (Phi) is 5.63. The second-order valence-corrected chi connectivity index (χ2v) is 5.11. The molecule has 6 nitrogen and oxygen atoms in total. The summed E-state index contributed by atoms with van der Waals surface area (Å²) in [5, 5.41) is 2.95. The molecule has 1 aliphatic rings. The van der Waals surface area contributed by atoms with Gasteiger partial charge in [0.1, 0.15) is 0 Å². The Bertz CT molecular complexity index is 525. The van der Waals surface area contributed by atoms with Gasteiger partial charge in [-0.15, -0.1) is 0 Å². The van der Waals surface area contributed by atoms with Crippen LogP contribution in [-0.4, -0.2) is 54.7 Å². The second-order valence-electron chi connectivity index (χ2n) is 5.11. The predicted molar refractivity (Wildman–Crippen MR) is 85.0 cm³/mol. The molecular weight excluding hydrogens is 282 g/mol. The van der Waals surface area contributed by atoms with E-state index in [2.05, 4.69) is 12.2 Å². The third-order valence-corrected chi connectivity index (χ3v) is 3.73. The minimum absolute atomic E-state index is 0.121. The van der Waals surface area contributed by atoms with Crippen LogP contribution >= 0.6 is 0 Å². The van der Waals surface area contributed by atoms with E-state index >= 15 is 0 Å². The van der Waals surface area contributed by atoms with Crippen LogP contribution in [0, 0.1) is 0 Å². The molecule has 0 spiro atoms. The molecule has 1 N–H and O–H groups in total. The normalized spacial score (nSPS) is 14.6. The molecule has 22 heavy (non-hydrogen) atoms. The van der Waals surface area contributed by atoms with Crippen LogP contribution < -0.4 is 5.32 Å². The quantitative estimate of drug-likeness (QED) is 0.933. The highest BCUT2D eigenvalue weighted by Crippen LogP contribution is 2.16. The van der Waals surface area contributed by atoms with Gasteiger partial charge in [-0.05, 0) is 25.0 Å². The Morgan fingerprint density at radius 1 is 1.09 bits per heavy atom. The van der Waals surface area contributed by atoms with Crippen molar-refractivity contribution in [2.24, 2.45) is 0 Å². The van der Waals surface area contributed by atoms with E-state index in [1.807, 2.05) is 24.3 Å². The fraction of sp³-hybridized carbons (Fsp3) is 0.500. The zero-order valence-electron chi connectivity index (χ0n) is 13.2. The van der Waals surface area contributed by atoms with E-state index in [0.717, 1.165) is 17.7 Å². The summed E-state index contributed by atoms with van der Waals surface area (Å²) in [5.41, 5.74) is 1.96. The zero-order valence-corrected chi connectivity index (χ0v) is 13.2. The van der Waals surface area contributed by atoms with Gasteiger partial charge < -0.3 is 19.9 Å². The molecule has 0 bridgehead atoms. The Morgan fingerprint density at radius 2 is 1.73 bits per heavy atom. The fourth-order valence-electron chi connectivity index (χ4n) is 2.45. The number of nitrogens with one attached hydrogen (secondary N) is 1. The second kappa shape index (κ2) is 7.68. The third kappa shape index (κ3) is 3.90. The molecule has 0 radical (unpaired) electrons. The lowest BCUT2D eigenvalue weighted by molar-refractivity contribution is 0.0868. The van der Waals surface area contributed by atoms with Crippen LogP contribution in [0.1, 0.15) is 19.4 Å². The number of hydrogen-bond acceptors (Lipinski definition) is 3. The third-order valence-electron chi connectivity index (χ3n) is 3.73. The summed E-state index contributed by atoms with van der Waals surface area (Å²) < 4.78 is 4.97. The molecule has 120 valence electrons. The van der Waals surface area contributed by atoms with Crippen molar-refractivity contribution in [1.82, 2.24) is 9.80 Å². The highest BCUT2D eigenvalue weighted by Gasteiger charge is 2.25. The van der Waals surface area contributed by atoms with Gasteiger partial charge in [-0.25, -0.2) is 9.59 Å². The van der Waals surface area contributed by atoms with E-state index in [-0.39, 0.29) is 12.1 Å². The molecule has 6 heteroatoms. The van der Waals surface area contributed by atoms with Gasteiger partial charge >= 0.3 is 12.1 Å². The van der Waals surface area contributed by atoms with Crippen LogP contribution in [0.4, 0.5) is 15.3 Å². The van der Waals surface area contributed by atoms with Gasteiger partial charge in [-0.2, -0.15) is 0 Å². The lowest BCUT2D eigenvalue weighted by Gasteiger charge is -2.34. The number of rotatable bonds is 3. The summed E-state index contributed by atoms with van der Waals surface area (Å²) in [7, 11) is 0. The number of piperazine rings is 1. The van der Waals surface area contributed by atoms with Gasteiger partial charge in [0.2, 0.25) is 0 Å². The summed E-state index contributed by atoms with van der Waals surface area (Å²) in [6.45, 7) is 6.24. The molecule has 1 aromatic carbocycles. The van der Waals surface area contributed by atoms with Crippen LogP contribution in [0.5, 0.6) is 0 Å². The van der Waals surface area contributed by atoms with Gasteiger partial charge in [0.05, 0.1) is 6.61 Å². The molecule has 1 aromatic rings. The minimum Gasteiger partial charge on any atom is -0.450 e. The minimum atomic E-state index is -0.307. The van der Waals surface area contributed by atoms with Crippen molar-refractivity contribution >= 4 is 17.8 Å². The first-order valence-electron chi connectivity index (χ1n) is 7.71. The number of ether oxygens (including phenoxy) is 1. The summed E-state index contributed by atoms with van der Waals surface area (Å²) in [6.07, 6.45) is 0.562. The Morgan fingerprint density at radius 3 is 2.36 bits per heavy atom. The maximum Gasteiger partial charge on any atom is 0.409 e. The number of hydrogen-bond donors (Lipinski definition) is 1. The highest BCUT2D eigenvalue weighted by atomic mass is 16.6. The molecule has 2 rings (SSSR count). The highest BCUT2D eigenvalue weighted by molar-refractivity contribution is 5.90. The number of anilines is 1. The number of carbonyl (C=O) groups is 2. The molecule has 1 heterocycles. The number of nitrogens with zero attached hydrogens (tertiary/aromatic N) is 2. The van der Waals surface area contributed by atoms with Gasteiger partial charge in [0.25, 0.3) is 0 Å².